The summed E-state index contributed by atoms with van der Waals surface area (Å²) in [6.07, 6.45) is 1.23. The van der Waals surface area contributed by atoms with Gasteiger partial charge in [0.1, 0.15) is 5.75 Å². The Kier molecular flexibility index (Phi) is 5.95. The summed E-state index contributed by atoms with van der Waals surface area (Å²) in [5, 5.41) is 12.5. The van der Waals surface area contributed by atoms with Crippen molar-refractivity contribution in [1.29, 1.82) is 0 Å². The molecule has 1 unspecified atom stereocenters. The number of amides is 1. The van der Waals surface area contributed by atoms with Crippen molar-refractivity contribution in [2.24, 2.45) is 5.92 Å². The molecule has 0 fully saturated rings. The Balaban J connectivity index is 2.64. The number of rotatable bonds is 6. The lowest BCUT2D eigenvalue weighted by atomic mass is 10.0. The number of hydrogen-bond donors (Lipinski definition) is 2. The van der Waals surface area contributed by atoms with Gasteiger partial charge in [-0.15, -0.1) is 0 Å². The lowest BCUT2D eigenvalue weighted by molar-refractivity contribution is -0.123. The van der Waals surface area contributed by atoms with Crippen LogP contribution < -0.4 is 10.1 Å². The molecule has 1 atom stereocenters. The van der Waals surface area contributed by atoms with Gasteiger partial charge >= 0.3 is 0 Å². The van der Waals surface area contributed by atoms with Crippen molar-refractivity contribution in [3.05, 3.63) is 23.0 Å². The zero-order valence-electron chi connectivity index (χ0n) is 12.9. The number of pyridine rings is 1. The van der Waals surface area contributed by atoms with Gasteiger partial charge in [0.05, 0.1) is 31.9 Å². The number of methoxy groups -OCH3 is 1. The van der Waals surface area contributed by atoms with Crippen molar-refractivity contribution in [3.8, 4) is 5.75 Å². The Labute approximate surface area is 120 Å². The van der Waals surface area contributed by atoms with E-state index in [0.717, 1.165) is 22.6 Å². The van der Waals surface area contributed by atoms with Gasteiger partial charge in [0.25, 0.3) is 0 Å². The number of carbonyl (C=O) groups is 1. The molecule has 0 aliphatic rings. The summed E-state index contributed by atoms with van der Waals surface area (Å²) >= 11 is 0. The van der Waals surface area contributed by atoms with E-state index in [1.54, 1.807) is 13.3 Å². The minimum absolute atomic E-state index is 0.0695. The molecule has 1 rings (SSSR count). The number of carbonyl (C=O) groups excluding carboxylic acids is 1. The van der Waals surface area contributed by atoms with E-state index in [1.165, 1.54) is 0 Å². The Bertz CT molecular complexity index is 472. The van der Waals surface area contributed by atoms with E-state index in [9.17, 15) is 9.90 Å². The third kappa shape index (κ3) is 4.20. The van der Waals surface area contributed by atoms with Crippen molar-refractivity contribution in [3.63, 3.8) is 0 Å². The lowest BCUT2D eigenvalue weighted by Crippen LogP contribution is -2.29. The van der Waals surface area contributed by atoms with E-state index >= 15 is 0 Å². The molecule has 0 aliphatic carbocycles. The average Bonchev–Trinajstić information content (AvgIpc) is 2.38. The van der Waals surface area contributed by atoms with Crippen LogP contribution in [0.2, 0.25) is 0 Å². The Morgan fingerprint density at radius 2 is 2.10 bits per heavy atom. The summed E-state index contributed by atoms with van der Waals surface area (Å²) in [7, 11) is 1.62. The predicted molar refractivity (Wildman–Crippen MR) is 77.6 cm³/mol. The second-order valence-corrected chi connectivity index (χ2v) is 5.34. The summed E-state index contributed by atoms with van der Waals surface area (Å²) in [5.74, 6) is 0.693. The standard InChI is InChI=1S/C15H24N2O3/c1-9(2)13(18)6-14(19)17-8-12-11(4)15(20-5)10(3)7-16-12/h7,9,13,18H,6,8H2,1-5H3,(H,17,19). The molecule has 5 heteroatoms. The fourth-order valence-corrected chi connectivity index (χ4v) is 1.93. The minimum atomic E-state index is -0.614. The smallest absolute Gasteiger partial charge is 0.222 e. The molecular formula is C15H24N2O3. The number of nitrogens with zero attached hydrogens (tertiary/aromatic N) is 1. The third-order valence-corrected chi connectivity index (χ3v) is 3.37. The molecule has 1 heterocycles. The summed E-state index contributed by atoms with van der Waals surface area (Å²) in [5.41, 5.74) is 2.67. The van der Waals surface area contributed by atoms with Crippen LogP contribution in [-0.2, 0) is 11.3 Å². The van der Waals surface area contributed by atoms with Crippen molar-refractivity contribution in [1.82, 2.24) is 10.3 Å². The average molecular weight is 280 g/mol. The van der Waals surface area contributed by atoms with Crippen LogP contribution in [0.5, 0.6) is 5.75 Å². The lowest BCUT2D eigenvalue weighted by Gasteiger charge is -2.15. The van der Waals surface area contributed by atoms with Gasteiger partial charge in [-0.25, -0.2) is 0 Å². The molecule has 5 nitrogen and oxygen atoms in total. The van der Waals surface area contributed by atoms with E-state index in [1.807, 2.05) is 27.7 Å². The minimum Gasteiger partial charge on any atom is -0.496 e. The molecule has 0 aliphatic heterocycles. The molecule has 1 aromatic heterocycles. The maximum atomic E-state index is 11.7. The van der Waals surface area contributed by atoms with Crippen LogP contribution in [0.4, 0.5) is 0 Å². The first-order valence-corrected chi connectivity index (χ1v) is 6.80. The molecule has 1 aromatic rings. The third-order valence-electron chi connectivity index (χ3n) is 3.37. The van der Waals surface area contributed by atoms with Gasteiger partial charge in [-0.1, -0.05) is 13.8 Å². The highest BCUT2D eigenvalue weighted by Crippen LogP contribution is 2.23. The number of ether oxygens (including phenoxy) is 1. The molecule has 20 heavy (non-hydrogen) atoms. The van der Waals surface area contributed by atoms with Gasteiger partial charge in [0.15, 0.2) is 0 Å². The van der Waals surface area contributed by atoms with Crippen LogP contribution in [0.15, 0.2) is 6.20 Å². The molecule has 0 saturated heterocycles. The van der Waals surface area contributed by atoms with E-state index in [4.69, 9.17) is 4.74 Å². The van der Waals surface area contributed by atoms with E-state index in [2.05, 4.69) is 10.3 Å². The van der Waals surface area contributed by atoms with Gasteiger partial charge in [0.2, 0.25) is 5.91 Å². The summed E-state index contributed by atoms with van der Waals surface area (Å²) < 4.78 is 5.33. The van der Waals surface area contributed by atoms with E-state index < -0.39 is 6.10 Å². The molecule has 0 aromatic carbocycles. The first-order chi connectivity index (χ1) is 9.36. The van der Waals surface area contributed by atoms with Crippen molar-refractivity contribution in [2.75, 3.05) is 7.11 Å². The van der Waals surface area contributed by atoms with Crippen molar-refractivity contribution in [2.45, 2.75) is 46.8 Å². The normalized spacial score (nSPS) is 12.3. The first kappa shape index (κ1) is 16.4. The summed E-state index contributed by atoms with van der Waals surface area (Å²) in [4.78, 5) is 16.0. The molecular weight excluding hydrogens is 256 g/mol. The van der Waals surface area contributed by atoms with Gasteiger partial charge in [-0.3, -0.25) is 9.78 Å². The van der Waals surface area contributed by atoms with Gasteiger partial charge in [-0.2, -0.15) is 0 Å². The number of aliphatic hydroxyl groups excluding tert-OH is 1. The number of aliphatic hydroxyl groups is 1. The van der Waals surface area contributed by atoms with Crippen LogP contribution in [0.25, 0.3) is 0 Å². The zero-order chi connectivity index (χ0) is 15.3. The van der Waals surface area contributed by atoms with Crippen LogP contribution in [0, 0.1) is 19.8 Å². The van der Waals surface area contributed by atoms with Crippen molar-refractivity contribution >= 4 is 5.91 Å². The van der Waals surface area contributed by atoms with Crippen LogP contribution in [-0.4, -0.2) is 29.2 Å². The highest BCUT2D eigenvalue weighted by Gasteiger charge is 2.15. The molecule has 0 radical (unpaired) electrons. The fourth-order valence-electron chi connectivity index (χ4n) is 1.93. The fraction of sp³-hybridized carbons (Fsp3) is 0.600. The highest BCUT2D eigenvalue weighted by atomic mass is 16.5. The summed E-state index contributed by atoms with van der Waals surface area (Å²) in [6, 6.07) is 0. The molecule has 0 bridgehead atoms. The molecule has 0 saturated carbocycles. The number of nitrogens with one attached hydrogen (secondary N) is 1. The second kappa shape index (κ2) is 7.24. The maximum Gasteiger partial charge on any atom is 0.222 e. The first-order valence-electron chi connectivity index (χ1n) is 6.80. The van der Waals surface area contributed by atoms with Crippen LogP contribution in [0.1, 0.15) is 37.1 Å². The largest absolute Gasteiger partial charge is 0.496 e. The molecule has 1 amide bonds. The predicted octanol–water partition coefficient (Wildman–Crippen LogP) is 1.73. The van der Waals surface area contributed by atoms with Gasteiger partial charge in [-0.05, 0) is 19.8 Å². The molecule has 0 spiro atoms. The van der Waals surface area contributed by atoms with Crippen LogP contribution >= 0.6 is 0 Å². The quantitative estimate of drug-likeness (QED) is 0.832. The van der Waals surface area contributed by atoms with Gasteiger partial charge in [0, 0.05) is 17.3 Å². The Morgan fingerprint density at radius 1 is 1.45 bits per heavy atom. The Morgan fingerprint density at radius 3 is 2.65 bits per heavy atom. The monoisotopic (exact) mass is 280 g/mol. The number of aromatic nitrogens is 1. The summed E-state index contributed by atoms with van der Waals surface area (Å²) in [6.45, 7) is 7.96. The second-order valence-electron chi connectivity index (χ2n) is 5.34. The van der Waals surface area contributed by atoms with E-state index in [-0.39, 0.29) is 18.2 Å². The molecule has 112 valence electrons. The van der Waals surface area contributed by atoms with E-state index in [0.29, 0.717) is 6.54 Å². The van der Waals surface area contributed by atoms with Crippen LogP contribution in [0.3, 0.4) is 0 Å². The number of hydrogen-bond acceptors (Lipinski definition) is 4. The molecule has 2 N–H and O–H groups in total. The SMILES string of the molecule is COc1c(C)cnc(CNC(=O)CC(O)C(C)C)c1C. The zero-order valence-corrected chi connectivity index (χ0v) is 12.9. The Hall–Kier alpha value is -1.62. The van der Waals surface area contributed by atoms with Gasteiger partial charge < -0.3 is 15.2 Å². The highest BCUT2D eigenvalue weighted by molar-refractivity contribution is 5.76. The topological polar surface area (TPSA) is 71.5 Å². The maximum absolute atomic E-state index is 11.7. The number of aryl methyl sites for hydroxylation is 1. The van der Waals surface area contributed by atoms with Crippen molar-refractivity contribution < 1.29 is 14.6 Å².